The quantitative estimate of drug-likeness (QED) is 0.908. The lowest BCUT2D eigenvalue weighted by Gasteiger charge is -2.35. The van der Waals surface area contributed by atoms with E-state index in [1.807, 2.05) is 0 Å². The van der Waals surface area contributed by atoms with Crippen LogP contribution in [0.4, 0.5) is 18.9 Å². The number of nitrogens with zero attached hydrogens (tertiary/aromatic N) is 1. The predicted octanol–water partition coefficient (Wildman–Crippen LogP) is 2.61. The highest BCUT2D eigenvalue weighted by Gasteiger charge is 2.57. The lowest BCUT2D eigenvalue weighted by atomic mass is 9.71. The minimum atomic E-state index is -2.78. The Morgan fingerprint density at radius 3 is 2.43 bits per heavy atom. The van der Waals surface area contributed by atoms with Crippen LogP contribution >= 0.6 is 0 Å². The smallest absolute Gasteiger partial charge is 0.248 e. The summed E-state index contributed by atoms with van der Waals surface area (Å²) in [5.41, 5.74) is 4.62. The van der Waals surface area contributed by atoms with Crippen LogP contribution in [0, 0.1) is 11.2 Å². The third kappa shape index (κ3) is 2.68. The molecule has 1 aromatic carbocycles. The zero-order valence-corrected chi connectivity index (χ0v) is 12.4. The van der Waals surface area contributed by atoms with Gasteiger partial charge in [-0.3, -0.25) is 14.5 Å². The first-order valence-electron chi connectivity index (χ1n) is 7.51. The molecule has 124 valence electrons. The van der Waals surface area contributed by atoms with Crippen molar-refractivity contribution in [1.29, 1.82) is 0 Å². The number of carbonyl (C=O) groups excluding carboxylic acids is 2. The highest BCUT2D eigenvalue weighted by atomic mass is 19.3. The average molecular weight is 326 g/mol. The zero-order valence-electron chi connectivity index (χ0n) is 12.4. The summed E-state index contributed by atoms with van der Waals surface area (Å²) >= 11 is 0. The molecule has 4 nitrogen and oxygen atoms in total. The van der Waals surface area contributed by atoms with Gasteiger partial charge < -0.3 is 5.73 Å². The molecule has 1 aromatic rings. The van der Waals surface area contributed by atoms with Gasteiger partial charge >= 0.3 is 0 Å². The second-order valence-electron chi connectivity index (χ2n) is 6.41. The molecular formula is C16H17F3N2O2. The van der Waals surface area contributed by atoms with E-state index in [0.717, 1.165) is 6.07 Å². The Labute approximate surface area is 131 Å². The Bertz CT molecular complexity index is 652. The molecule has 7 heteroatoms. The van der Waals surface area contributed by atoms with Crippen molar-refractivity contribution in [2.24, 2.45) is 11.1 Å². The van der Waals surface area contributed by atoms with E-state index in [1.54, 1.807) is 0 Å². The lowest BCUT2D eigenvalue weighted by Crippen LogP contribution is -2.44. The van der Waals surface area contributed by atoms with Crippen molar-refractivity contribution in [3.8, 4) is 0 Å². The molecule has 1 atom stereocenters. The van der Waals surface area contributed by atoms with Gasteiger partial charge in [-0.2, -0.15) is 0 Å². The second kappa shape index (κ2) is 5.25. The van der Waals surface area contributed by atoms with Gasteiger partial charge in [-0.15, -0.1) is 0 Å². The number of hydrogen-bond acceptors (Lipinski definition) is 2. The Morgan fingerprint density at radius 2 is 1.87 bits per heavy atom. The van der Waals surface area contributed by atoms with Crippen LogP contribution in [0.3, 0.4) is 0 Å². The van der Waals surface area contributed by atoms with Crippen molar-refractivity contribution in [3.05, 3.63) is 30.1 Å². The Hall–Kier alpha value is -2.05. The van der Waals surface area contributed by atoms with Crippen LogP contribution in [0.2, 0.25) is 0 Å². The highest BCUT2D eigenvalue weighted by Crippen LogP contribution is 2.51. The van der Waals surface area contributed by atoms with Crippen LogP contribution in [0.25, 0.3) is 0 Å². The summed E-state index contributed by atoms with van der Waals surface area (Å²) in [7, 11) is 0. The number of nitrogens with two attached hydrogens (primary N) is 1. The molecule has 1 unspecified atom stereocenters. The molecule has 1 aliphatic heterocycles. The van der Waals surface area contributed by atoms with Gasteiger partial charge in [-0.25, -0.2) is 13.2 Å². The topological polar surface area (TPSA) is 63.4 Å². The van der Waals surface area contributed by atoms with Crippen LogP contribution in [-0.2, 0) is 9.59 Å². The maximum Gasteiger partial charge on any atom is 0.248 e. The molecule has 2 aliphatic rings. The predicted molar refractivity (Wildman–Crippen MR) is 77.3 cm³/mol. The molecule has 1 saturated carbocycles. The molecule has 2 fully saturated rings. The van der Waals surface area contributed by atoms with Crippen molar-refractivity contribution in [2.75, 3.05) is 4.90 Å². The monoisotopic (exact) mass is 326 g/mol. The Kier molecular flexibility index (Phi) is 3.61. The number of halogens is 3. The van der Waals surface area contributed by atoms with E-state index in [0.29, 0.717) is 0 Å². The van der Waals surface area contributed by atoms with Crippen LogP contribution in [0.5, 0.6) is 0 Å². The van der Waals surface area contributed by atoms with Crippen LogP contribution in [0.1, 0.15) is 32.1 Å². The lowest BCUT2D eigenvalue weighted by molar-refractivity contribution is -0.132. The molecule has 1 spiro atoms. The molecule has 1 aliphatic carbocycles. The summed E-state index contributed by atoms with van der Waals surface area (Å²) in [5, 5.41) is 0. The van der Waals surface area contributed by atoms with Crippen molar-refractivity contribution >= 4 is 17.5 Å². The maximum absolute atomic E-state index is 13.5. The number of alkyl halides is 2. The molecule has 1 saturated heterocycles. The van der Waals surface area contributed by atoms with Gasteiger partial charge in [-0.05, 0) is 37.5 Å². The van der Waals surface area contributed by atoms with Crippen LogP contribution in [-0.4, -0.2) is 23.8 Å². The minimum Gasteiger partial charge on any atom is -0.368 e. The highest BCUT2D eigenvalue weighted by molar-refractivity contribution is 6.06. The fourth-order valence-electron chi connectivity index (χ4n) is 3.61. The molecule has 3 rings (SSSR count). The molecule has 1 heterocycles. The fraction of sp³-hybridized carbons (Fsp3) is 0.500. The zero-order chi connectivity index (χ0) is 16.8. The van der Waals surface area contributed by atoms with E-state index < -0.39 is 35.0 Å². The number of carbonyl (C=O) groups is 2. The molecule has 23 heavy (non-hydrogen) atoms. The SMILES string of the molecule is NC(=O)C1CC2(CCC(F)(F)CC2)C(=O)N1c1cccc(F)c1. The molecular weight excluding hydrogens is 309 g/mol. The van der Waals surface area contributed by atoms with Gasteiger partial charge in [0.25, 0.3) is 0 Å². The molecule has 0 radical (unpaired) electrons. The van der Waals surface area contributed by atoms with Crippen LogP contribution in [0.15, 0.2) is 24.3 Å². The largest absolute Gasteiger partial charge is 0.368 e. The van der Waals surface area contributed by atoms with Gasteiger partial charge in [0.2, 0.25) is 17.7 Å². The number of benzene rings is 1. The first-order valence-corrected chi connectivity index (χ1v) is 7.51. The summed E-state index contributed by atoms with van der Waals surface area (Å²) in [6.45, 7) is 0. The summed E-state index contributed by atoms with van der Waals surface area (Å²) in [5.74, 6) is -4.45. The number of anilines is 1. The maximum atomic E-state index is 13.5. The van der Waals surface area contributed by atoms with E-state index >= 15 is 0 Å². The fourth-order valence-corrected chi connectivity index (χ4v) is 3.61. The van der Waals surface area contributed by atoms with Gasteiger partial charge in [0.1, 0.15) is 11.9 Å². The molecule has 2 N–H and O–H groups in total. The van der Waals surface area contributed by atoms with Crippen molar-refractivity contribution < 1.29 is 22.8 Å². The van der Waals surface area contributed by atoms with Crippen molar-refractivity contribution in [1.82, 2.24) is 0 Å². The van der Waals surface area contributed by atoms with Gasteiger partial charge in [0, 0.05) is 18.5 Å². The Balaban J connectivity index is 1.96. The van der Waals surface area contributed by atoms with Gasteiger partial charge in [-0.1, -0.05) is 6.07 Å². The minimum absolute atomic E-state index is 0.00836. The standard InChI is InChI=1S/C16H17F3N2O2/c17-10-2-1-3-11(8-10)21-12(13(20)22)9-15(14(21)23)4-6-16(18,19)7-5-15/h1-3,8,12H,4-7,9H2,(H2,20,22). The van der Waals surface area contributed by atoms with E-state index in [9.17, 15) is 22.8 Å². The van der Waals surface area contributed by atoms with E-state index in [-0.39, 0.29) is 37.8 Å². The van der Waals surface area contributed by atoms with Crippen molar-refractivity contribution in [3.63, 3.8) is 0 Å². The van der Waals surface area contributed by atoms with Gasteiger partial charge in [0.05, 0.1) is 5.41 Å². The number of rotatable bonds is 2. The summed E-state index contributed by atoms with van der Waals surface area (Å²) in [4.78, 5) is 25.8. The number of amides is 2. The molecule has 0 bridgehead atoms. The van der Waals surface area contributed by atoms with E-state index in [1.165, 1.54) is 23.1 Å². The van der Waals surface area contributed by atoms with Gasteiger partial charge in [0.15, 0.2) is 0 Å². The summed E-state index contributed by atoms with van der Waals surface area (Å²) < 4.78 is 40.3. The normalized spacial score (nSPS) is 25.8. The first-order chi connectivity index (χ1) is 10.7. The third-order valence-corrected chi connectivity index (χ3v) is 4.92. The molecule has 2 amide bonds. The van der Waals surface area contributed by atoms with E-state index in [4.69, 9.17) is 5.73 Å². The third-order valence-electron chi connectivity index (χ3n) is 4.92. The second-order valence-corrected chi connectivity index (χ2v) is 6.41. The summed E-state index contributed by atoms with van der Waals surface area (Å²) in [6.07, 6.45) is -0.654. The summed E-state index contributed by atoms with van der Waals surface area (Å²) in [6, 6.07) is 4.37. The number of primary amides is 1. The average Bonchev–Trinajstić information content (AvgIpc) is 2.76. The van der Waals surface area contributed by atoms with E-state index in [2.05, 4.69) is 0 Å². The van der Waals surface area contributed by atoms with Crippen LogP contribution < -0.4 is 10.6 Å². The number of hydrogen-bond donors (Lipinski definition) is 1. The first kappa shape index (κ1) is 15.8. The van der Waals surface area contributed by atoms with Crippen molar-refractivity contribution in [2.45, 2.75) is 44.1 Å². The Morgan fingerprint density at radius 1 is 1.22 bits per heavy atom. The molecule has 0 aromatic heterocycles.